The van der Waals surface area contributed by atoms with Crippen LogP contribution in [0.15, 0.2) is 46.3 Å². The van der Waals surface area contributed by atoms with Crippen LogP contribution in [0.3, 0.4) is 0 Å². The summed E-state index contributed by atoms with van der Waals surface area (Å²) < 4.78 is 12.6. The topological polar surface area (TPSA) is 94.8 Å². The van der Waals surface area contributed by atoms with Gasteiger partial charge in [0.25, 0.3) is 11.5 Å². The maximum atomic E-state index is 12.8. The minimum Gasteiger partial charge on any atom is -0.490 e. The number of amides is 1. The molecule has 0 saturated heterocycles. The van der Waals surface area contributed by atoms with Gasteiger partial charge < -0.3 is 9.47 Å². The van der Waals surface area contributed by atoms with Gasteiger partial charge in [0.15, 0.2) is 17.2 Å². The van der Waals surface area contributed by atoms with Gasteiger partial charge in [0.05, 0.1) is 29.8 Å². The Bertz CT molecular complexity index is 1210. The van der Waals surface area contributed by atoms with Crippen molar-refractivity contribution in [3.05, 3.63) is 63.0 Å². The van der Waals surface area contributed by atoms with Crippen molar-refractivity contribution >= 4 is 34.5 Å². The van der Waals surface area contributed by atoms with E-state index in [0.29, 0.717) is 52.6 Å². The summed E-state index contributed by atoms with van der Waals surface area (Å²) in [6.45, 7) is 6.97. The average molecular weight is 457 g/mol. The fourth-order valence-corrected chi connectivity index (χ4v) is 3.38. The number of rotatable bonds is 9. The van der Waals surface area contributed by atoms with Crippen LogP contribution in [0.1, 0.15) is 43.2 Å². The lowest BCUT2D eigenvalue weighted by Crippen LogP contribution is -2.28. The van der Waals surface area contributed by atoms with Gasteiger partial charge in [-0.15, -0.1) is 0 Å². The first kappa shape index (κ1) is 23.3. The molecule has 1 N–H and O–H groups in total. The molecule has 0 bridgehead atoms. The number of carbonyl (C=O) groups is 1. The van der Waals surface area contributed by atoms with Gasteiger partial charge in [0.2, 0.25) is 0 Å². The maximum absolute atomic E-state index is 12.8. The summed E-state index contributed by atoms with van der Waals surface area (Å²) in [7, 11) is 0. The van der Waals surface area contributed by atoms with Gasteiger partial charge in [0, 0.05) is 11.9 Å². The monoisotopic (exact) mass is 456 g/mol. The second kappa shape index (κ2) is 10.8. The van der Waals surface area contributed by atoms with E-state index in [1.54, 1.807) is 43.3 Å². The zero-order chi connectivity index (χ0) is 23.1. The number of ether oxygens (including phenoxy) is 2. The highest BCUT2D eigenvalue weighted by Gasteiger charge is 2.16. The summed E-state index contributed by atoms with van der Waals surface area (Å²) in [5.74, 6) is 0.455. The number of hydrogen-bond acceptors (Lipinski definition) is 6. The predicted molar refractivity (Wildman–Crippen MR) is 125 cm³/mol. The lowest BCUT2D eigenvalue weighted by Gasteiger charge is -2.13. The van der Waals surface area contributed by atoms with E-state index in [0.717, 1.165) is 6.42 Å². The van der Waals surface area contributed by atoms with Gasteiger partial charge in [-0.1, -0.05) is 36.7 Å². The average Bonchev–Trinajstić information content (AvgIpc) is 2.79. The van der Waals surface area contributed by atoms with Crippen LogP contribution in [0.25, 0.3) is 10.8 Å². The number of hydrazone groups is 1. The van der Waals surface area contributed by atoms with Crippen LogP contribution < -0.4 is 20.5 Å². The molecule has 0 atom stereocenters. The molecule has 0 spiro atoms. The fraction of sp³-hybridized carbons (Fsp3) is 0.304. The van der Waals surface area contributed by atoms with Gasteiger partial charge in [-0.05, 0) is 44.0 Å². The van der Waals surface area contributed by atoms with E-state index < -0.39 is 5.91 Å². The molecule has 32 heavy (non-hydrogen) atoms. The van der Waals surface area contributed by atoms with Crippen molar-refractivity contribution in [2.45, 2.75) is 33.7 Å². The van der Waals surface area contributed by atoms with Crippen LogP contribution in [0.4, 0.5) is 0 Å². The summed E-state index contributed by atoms with van der Waals surface area (Å²) in [5.41, 5.74) is 2.97. The van der Waals surface area contributed by atoms with E-state index in [2.05, 4.69) is 15.6 Å². The van der Waals surface area contributed by atoms with Gasteiger partial charge in [-0.3, -0.25) is 9.59 Å². The highest BCUT2D eigenvalue weighted by atomic mass is 35.5. The first-order chi connectivity index (χ1) is 15.5. The van der Waals surface area contributed by atoms with Gasteiger partial charge >= 0.3 is 0 Å². The number of aryl methyl sites for hydroxylation is 1. The van der Waals surface area contributed by atoms with Crippen molar-refractivity contribution in [1.29, 1.82) is 0 Å². The number of benzene rings is 2. The van der Waals surface area contributed by atoms with Crippen LogP contribution in [-0.2, 0) is 6.54 Å². The van der Waals surface area contributed by atoms with Crippen LogP contribution >= 0.6 is 11.6 Å². The van der Waals surface area contributed by atoms with Crippen molar-refractivity contribution in [3.8, 4) is 11.5 Å². The summed E-state index contributed by atoms with van der Waals surface area (Å²) in [4.78, 5) is 25.2. The second-order valence-electron chi connectivity index (χ2n) is 6.83. The Morgan fingerprint density at radius 1 is 1.19 bits per heavy atom. The first-order valence-corrected chi connectivity index (χ1v) is 10.8. The molecule has 0 saturated carbocycles. The standard InChI is InChI=1S/C23H25ClN4O4/c1-4-11-32-21-18(24)12-15(13-19(21)31-6-3)14-25-26-22(29)20-16-9-7-8-10-17(16)23(30)28(5-2)27-20/h7-10,12-14H,4-6,11H2,1-3H3,(H,26,29)/b25-14+. The molecule has 0 aliphatic carbocycles. The Hall–Kier alpha value is -3.39. The molecule has 3 rings (SSSR count). The maximum Gasteiger partial charge on any atom is 0.292 e. The Balaban J connectivity index is 1.86. The lowest BCUT2D eigenvalue weighted by atomic mass is 10.1. The molecule has 3 aromatic rings. The van der Waals surface area contributed by atoms with Crippen molar-refractivity contribution in [2.75, 3.05) is 13.2 Å². The molecule has 1 heterocycles. The number of carbonyl (C=O) groups excluding carboxylic acids is 1. The normalized spacial score (nSPS) is 11.1. The molecule has 1 aromatic heterocycles. The zero-order valence-corrected chi connectivity index (χ0v) is 19.0. The van der Waals surface area contributed by atoms with E-state index in [9.17, 15) is 9.59 Å². The highest BCUT2D eigenvalue weighted by molar-refractivity contribution is 6.32. The summed E-state index contributed by atoms with van der Waals surface area (Å²) >= 11 is 6.36. The molecule has 0 radical (unpaired) electrons. The minimum absolute atomic E-state index is 0.121. The van der Waals surface area contributed by atoms with E-state index in [1.807, 2.05) is 13.8 Å². The molecule has 168 valence electrons. The lowest BCUT2D eigenvalue weighted by molar-refractivity contribution is 0.0949. The largest absolute Gasteiger partial charge is 0.490 e. The summed E-state index contributed by atoms with van der Waals surface area (Å²) in [6, 6.07) is 10.3. The molecule has 0 aliphatic heterocycles. The quantitative estimate of drug-likeness (QED) is 0.387. The third kappa shape index (κ3) is 5.08. The first-order valence-electron chi connectivity index (χ1n) is 10.4. The van der Waals surface area contributed by atoms with Crippen molar-refractivity contribution in [2.24, 2.45) is 5.10 Å². The molecular formula is C23H25ClN4O4. The Kier molecular flexibility index (Phi) is 7.83. The SMILES string of the molecule is CCCOc1c(Cl)cc(/C=N/NC(=O)c2nn(CC)c(=O)c3ccccc23)cc1OCC. The molecule has 9 heteroatoms. The molecule has 0 aliphatic rings. The van der Waals surface area contributed by atoms with Crippen molar-refractivity contribution in [3.63, 3.8) is 0 Å². The van der Waals surface area contributed by atoms with E-state index in [-0.39, 0.29) is 11.3 Å². The summed E-state index contributed by atoms with van der Waals surface area (Å²) in [6.07, 6.45) is 2.29. The van der Waals surface area contributed by atoms with Gasteiger partial charge in [-0.25, -0.2) is 10.1 Å². The minimum atomic E-state index is -0.529. The van der Waals surface area contributed by atoms with Crippen LogP contribution in [0.2, 0.25) is 5.02 Å². The number of nitrogens with zero attached hydrogens (tertiary/aromatic N) is 3. The third-order valence-corrected chi connectivity index (χ3v) is 4.83. The predicted octanol–water partition coefficient (Wildman–Crippen LogP) is 4.02. The number of halogens is 1. The van der Waals surface area contributed by atoms with Gasteiger partial charge in [-0.2, -0.15) is 10.2 Å². The van der Waals surface area contributed by atoms with Crippen LogP contribution in [0.5, 0.6) is 11.5 Å². The molecule has 0 unspecified atom stereocenters. The van der Waals surface area contributed by atoms with E-state index in [4.69, 9.17) is 21.1 Å². The third-order valence-electron chi connectivity index (χ3n) is 4.54. The summed E-state index contributed by atoms with van der Waals surface area (Å²) in [5, 5.41) is 9.51. The number of nitrogens with one attached hydrogen (secondary N) is 1. The molecule has 1 amide bonds. The number of fused-ring (bicyclic) bond motifs is 1. The molecule has 0 fully saturated rings. The highest BCUT2D eigenvalue weighted by Crippen LogP contribution is 2.36. The van der Waals surface area contributed by atoms with Gasteiger partial charge in [0.1, 0.15) is 0 Å². The zero-order valence-electron chi connectivity index (χ0n) is 18.2. The fourth-order valence-electron chi connectivity index (χ4n) is 3.11. The Labute approximate surface area is 190 Å². The molecule has 2 aromatic carbocycles. The van der Waals surface area contributed by atoms with Crippen molar-refractivity contribution < 1.29 is 14.3 Å². The Morgan fingerprint density at radius 3 is 2.62 bits per heavy atom. The number of aromatic nitrogens is 2. The molecule has 8 nitrogen and oxygen atoms in total. The van der Waals surface area contributed by atoms with Crippen molar-refractivity contribution in [1.82, 2.24) is 15.2 Å². The smallest absolute Gasteiger partial charge is 0.292 e. The van der Waals surface area contributed by atoms with Crippen LogP contribution in [-0.4, -0.2) is 35.1 Å². The Morgan fingerprint density at radius 2 is 1.94 bits per heavy atom. The second-order valence-corrected chi connectivity index (χ2v) is 7.23. The van der Waals surface area contributed by atoms with E-state index >= 15 is 0 Å². The van der Waals surface area contributed by atoms with Crippen LogP contribution in [0, 0.1) is 0 Å². The molecular weight excluding hydrogens is 432 g/mol. The van der Waals surface area contributed by atoms with E-state index in [1.165, 1.54) is 10.9 Å². The number of hydrogen-bond donors (Lipinski definition) is 1.